The van der Waals surface area contributed by atoms with Gasteiger partial charge in [-0.2, -0.15) is 0 Å². The monoisotopic (exact) mass is 1100 g/mol. The van der Waals surface area contributed by atoms with Crippen molar-refractivity contribution in [1.82, 2.24) is 42.1 Å². The number of ether oxygens (including phenoxy) is 1. The van der Waals surface area contributed by atoms with E-state index < -0.39 is 138 Å². The van der Waals surface area contributed by atoms with Crippen LogP contribution in [0.15, 0.2) is 29.3 Å². The van der Waals surface area contributed by atoms with Crippen LogP contribution >= 0.6 is 21.6 Å². The van der Waals surface area contributed by atoms with Crippen molar-refractivity contribution in [3.8, 4) is 5.75 Å². The van der Waals surface area contributed by atoms with Crippen molar-refractivity contribution in [3.05, 3.63) is 29.8 Å². The van der Waals surface area contributed by atoms with Crippen LogP contribution in [0.4, 0.5) is 0 Å². The van der Waals surface area contributed by atoms with E-state index in [0.717, 1.165) is 35.0 Å². The van der Waals surface area contributed by atoms with Gasteiger partial charge in [0.05, 0.1) is 26.1 Å². The second-order valence-electron chi connectivity index (χ2n) is 18.9. The Hall–Kier alpha value is -6.84. The predicted octanol–water partition coefficient (Wildman–Crippen LogP) is -2.67. The van der Waals surface area contributed by atoms with Gasteiger partial charge in [-0.3, -0.25) is 57.7 Å². The van der Waals surface area contributed by atoms with E-state index in [9.17, 15) is 52.7 Å². The second-order valence-corrected chi connectivity index (χ2v) is 21.7. The molecule has 1 aliphatic carbocycles. The molecule has 7 atom stereocenters. The summed E-state index contributed by atoms with van der Waals surface area (Å²) >= 11 is 0. The lowest BCUT2D eigenvalue weighted by Gasteiger charge is -2.36. The van der Waals surface area contributed by atoms with Crippen LogP contribution in [-0.2, 0) is 59.2 Å². The number of nitrogens with zero attached hydrogens (tertiary/aromatic N) is 2. The Balaban J connectivity index is 2.10. The maximum Gasteiger partial charge on any atom is 0.246 e. The molecular weight excluding hydrogens is 1030 g/mol. The number of hydrogen-bond donors (Lipinski definition) is 12. The van der Waals surface area contributed by atoms with Crippen LogP contribution in [0.1, 0.15) is 103 Å². The van der Waals surface area contributed by atoms with E-state index in [0.29, 0.717) is 37.2 Å². The molecule has 1 aliphatic heterocycles. The molecule has 1 heterocycles. The van der Waals surface area contributed by atoms with E-state index in [1.807, 2.05) is 6.92 Å². The van der Waals surface area contributed by atoms with Crippen LogP contribution in [0.5, 0.6) is 5.75 Å². The van der Waals surface area contributed by atoms with Gasteiger partial charge in [0.2, 0.25) is 65.0 Å². The molecule has 422 valence electrons. The highest BCUT2D eigenvalue weighted by molar-refractivity contribution is 8.77. The fraction of sp³-hybridized carbons (Fsp3) is 0.625. The Labute approximate surface area is 449 Å². The first-order valence-electron chi connectivity index (χ1n) is 25.2. The smallest absolute Gasteiger partial charge is 0.246 e. The Morgan fingerprint density at radius 1 is 0.816 bits per heavy atom. The Kier molecular flexibility index (Phi) is 26.6. The van der Waals surface area contributed by atoms with E-state index in [4.69, 9.17) is 33.4 Å². The van der Waals surface area contributed by atoms with Gasteiger partial charge in [-0.05, 0) is 62.6 Å². The van der Waals surface area contributed by atoms with Gasteiger partial charge in [-0.25, -0.2) is 0 Å². The Morgan fingerprint density at radius 2 is 1.46 bits per heavy atom. The average molecular weight is 1110 g/mol. The molecule has 26 nitrogen and oxygen atoms in total. The normalized spacial score (nSPS) is 21.6. The molecule has 2 fully saturated rings. The zero-order valence-corrected chi connectivity index (χ0v) is 45.2. The molecule has 3 rings (SSSR count). The maximum atomic E-state index is 14.4. The van der Waals surface area contributed by atoms with Gasteiger partial charge in [-0.15, -0.1) is 0 Å². The highest BCUT2D eigenvalue weighted by Crippen LogP contribution is 2.48. The lowest BCUT2D eigenvalue weighted by molar-refractivity contribution is -0.139. The summed E-state index contributed by atoms with van der Waals surface area (Å²) in [6.07, 6.45) is 2.46. The number of rotatable bonds is 22. The zero-order valence-electron chi connectivity index (χ0n) is 43.6. The highest BCUT2D eigenvalue weighted by Gasteiger charge is 2.40. The van der Waals surface area contributed by atoms with Gasteiger partial charge in [-0.1, -0.05) is 73.3 Å². The van der Waals surface area contributed by atoms with Crippen molar-refractivity contribution < 1.29 is 57.5 Å². The number of carbonyl (C=O) groups excluding carboxylic acids is 11. The largest absolute Gasteiger partial charge is 0.494 e. The number of nitrogens with two attached hydrogens (primary N) is 5. The van der Waals surface area contributed by atoms with Gasteiger partial charge in [0.15, 0.2) is 5.96 Å². The molecule has 1 aromatic rings. The van der Waals surface area contributed by atoms with Gasteiger partial charge < -0.3 is 75.5 Å². The average Bonchev–Trinajstić information content (AvgIpc) is 3.35. The number of guanidine groups is 1. The fourth-order valence-corrected chi connectivity index (χ4v) is 11.7. The highest BCUT2D eigenvalue weighted by atomic mass is 33.1. The van der Waals surface area contributed by atoms with Crippen molar-refractivity contribution in [1.29, 1.82) is 0 Å². The molecule has 0 radical (unpaired) electrons. The number of primary amides is 3. The number of amides is 11. The third-order valence-corrected chi connectivity index (χ3v) is 15.9. The standard InChI is InChI=1S/C48H76N14O12S2/c1-5-27(3)40-45(72)58-31(16-17-35(49)63)42(69)59-33(22-36(50)64)43(70)60-34(46(73)62(4)25-39(67)56-30(11-10-20-54-47(52)53)41(68)55-24-37(51)65)26-75-76-48(18-8-7-9-19-48)23-38(66)57-32(44(71)61-40)21-28-12-14-29(15-13-28)74-6-2/h12-15,27,30-34,40H,5-11,16-26H2,1-4H3,(H2,49,63)(H2,50,64)(H2,51,65)(H,55,68)(H,56,67)(H,57,66)(H,58,72)(H,59,69)(H,60,70)(H,61,71)(H4,52,53,54)/t27-,30-,31-,32+,33-,34-,40-/m0/s1. The minimum Gasteiger partial charge on any atom is -0.494 e. The van der Waals surface area contributed by atoms with Crippen molar-refractivity contribution in [3.63, 3.8) is 0 Å². The molecule has 76 heavy (non-hydrogen) atoms. The minimum absolute atomic E-state index is 0.00613. The van der Waals surface area contributed by atoms with Crippen molar-refractivity contribution >= 4 is 92.5 Å². The molecule has 1 saturated carbocycles. The minimum atomic E-state index is -1.76. The predicted molar refractivity (Wildman–Crippen MR) is 285 cm³/mol. The zero-order chi connectivity index (χ0) is 56.5. The van der Waals surface area contributed by atoms with E-state index in [1.165, 1.54) is 17.8 Å². The van der Waals surface area contributed by atoms with Crippen LogP contribution in [0.25, 0.3) is 0 Å². The maximum absolute atomic E-state index is 14.4. The summed E-state index contributed by atoms with van der Waals surface area (Å²) < 4.78 is 4.86. The third kappa shape index (κ3) is 22.2. The summed E-state index contributed by atoms with van der Waals surface area (Å²) in [5.74, 6) is -9.60. The number of nitrogens with one attached hydrogen (secondary N) is 7. The molecule has 0 aromatic heterocycles. The van der Waals surface area contributed by atoms with Crippen molar-refractivity contribution in [2.24, 2.45) is 39.6 Å². The number of aliphatic imine (C=N–C) groups is 1. The van der Waals surface area contributed by atoms with Crippen LogP contribution in [-0.4, -0.2) is 156 Å². The number of likely N-dealkylation sites (N-methyl/N-ethyl adjacent to an activating group) is 1. The summed E-state index contributed by atoms with van der Waals surface area (Å²) in [6.45, 7) is 4.65. The SMILES string of the molecule is CCOc1ccc(C[C@H]2NC(=O)CC3(CCCCC3)SSC[C@@H](C(=O)N(C)CC(=O)N[C@@H](CCCN=C(N)N)C(=O)NCC(N)=O)NC(=O)[C@H](CC(N)=O)NC(=O)[C@H](CCC(N)=O)NC(=O)[C@H]([C@@H](C)CC)NC2=O)cc1. The first-order chi connectivity index (χ1) is 36.0. The lowest BCUT2D eigenvalue weighted by atomic mass is 9.85. The van der Waals surface area contributed by atoms with Gasteiger partial charge in [0, 0.05) is 43.4 Å². The summed E-state index contributed by atoms with van der Waals surface area (Å²) in [6, 6.07) is -1.56. The second kappa shape index (κ2) is 31.9. The van der Waals surface area contributed by atoms with Crippen LogP contribution in [0, 0.1) is 5.92 Å². The summed E-state index contributed by atoms with van der Waals surface area (Å²) in [4.78, 5) is 153. The topological polar surface area (TPSA) is 427 Å². The van der Waals surface area contributed by atoms with E-state index in [1.54, 1.807) is 38.1 Å². The Morgan fingerprint density at radius 3 is 2.07 bits per heavy atom. The molecule has 2 aliphatic rings. The fourth-order valence-electron chi connectivity index (χ4n) is 8.36. The number of carbonyl (C=O) groups is 11. The van der Waals surface area contributed by atoms with E-state index in [2.05, 4.69) is 42.2 Å². The van der Waals surface area contributed by atoms with Gasteiger partial charge in [0.25, 0.3) is 0 Å². The molecule has 11 amide bonds. The van der Waals surface area contributed by atoms with Crippen LogP contribution in [0.3, 0.4) is 0 Å². The number of hydrogen-bond acceptors (Lipinski definition) is 15. The van der Waals surface area contributed by atoms with Gasteiger partial charge in [0.1, 0.15) is 42.0 Å². The number of benzene rings is 1. The van der Waals surface area contributed by atoms with Crippen LogP contribution in [0.2, 0.25) is 0 Å². The quantitative estimate of drug-likeness (QED) is 0.0244. The molecule has 0 bridgehead atoms. The molecular formula is C48H76N14O12S2. The molecule has 1 spiro atoms. The third-order valence-electron chi connectivity index (χ3n) is 12.6. The molecule has 28 heteroatoms. The first kappa shape index (κ1) is 63.5. The van der Waals surface area contributed by atoms with Gasteiger partial charge >= 0.3 is 0 Å². The van der Waals surface area contributed by atoms with E-state index >= 15 is 0 Å². The van der Waals surface area contributed by atoms with Crippen molar-refractivity contribution in [2.45, 2.75) is 145 Å². The Bertz CT molecular complexity index is 2250. The van der Waals surface area contributed by atoms with Crippen LogP contribution < -0.4 is 70.6 Å². The summed E-state index contributed by atoms with van der Waals surface area (Å²) in [5, 5.41) is 18.2. The molecule has 0 unspecified atom stereocenters. The van der Waals surface area contributed by atoms with E-state index in [-0.39, 0.29) is 50.4 Å². The molecule has 1 aromatic carbocycles. The molecule has 17 N–H and O–H groups in total. The molecule has 1 saturated heterocycles. The lowest BCUT2D eigenvalue weighted by Crippen LogP contribution is -2.61. The summed E-state index contributed by atoms with van der Waals surface area (Å²) in [5.41, 5.74) is 27.7. The van der Waals surface area contributed by atoms with Crippen molar-refractivity contribution in [2.75, 3.05) is 39.0 Å². The summed E-state index contributed by atoms with van der Waals surface area (Å²) in [7, 11) is 3.73. The first-order valence-corrected chi connectivity index (χ1v) is 27.5.